The van der Waals surface area contributed by atoms with Crippen molar-refractivity contribution < 1.29 is 4.79 Å². The average molecular weight is 369 g/mol. The fraction of sp³-hybridized carbons (Fsp3) is 0.750. The number of H-pyrrole nitrogens is 1. The minimum Gasteiger partial charge on any atom is -0.347 e. The number of halogens is 1. The van der Waals surface area contributed by atoms with Gasteiger partial charge in [-0.25, -0.2) is 0 Å². The molecular weight excluding hydrogens is 344 g/mol. The molecular formula is C16H25BrN4O. The molecule has 2 saturated carbocycles. The van der Waals surface area contributed by atoms with E-state index in [-0.39, 0.29) is 11.9 Å². The highest BCUT2D eigenvalue weighted by Gasteiger charge is 2.40. The molecule has 2 unspecified atom stereocenters. The number of hydrogen-bond acceptors (Lipinski definition) is 3. The number of rotatable bonds is 3. The predicted octanol–water partition coefficient (Wildman–Crippen LogP) is 2.93. The first-order valence-electron chi connectivity index (χ1n) is 8.27. The van der Waals surface area contributed by atoms with Gasteiger partial charge < -0.3 is 11.1 Å². The molecule has 0 aromatic carbocycles. The lowest BCUT2D eigenvalue weighted by Gasteiger charge is -2.45. The Morgan fingerprint density at radius 3 is 2.55 bits per heavy atom. The maximum Gasteiger partial charge on any atom is 0.273 e. The van der Waals surface area contributed by atoms with Gasteiger partial charge in [-0.1, -0.05) is 20.3 Å². The molecule has 122 valence electrons. The first-order valence-corrected chi connectivity index (χ1v) is 9.06. The Bertz CT molecular complexity index is 542. The van der Waals surface area contributed by atoms with Crippen molar-refractivity contribution >= 4 is 21.8 Å². The van der Waals surface area contributed by atoms with Gasteiger partial charge in [0.15, 0.2) is 5.69 Å². The Balaban J connectivity index is 1.74. The van der Waals surface area contributed by atoms with Crippen LogP contribution in [0.5, 0.6) is 0 Å². The van der Waals surface area contributed by atoms with Crippen molar-refractivity contribution in [1.29, 1.82) is 0 Å². The molecule has 0 aliphatic heterocycles. The first kappa shape index (κ1) is 16.0. The zero-order chi connectivity index (χ0) is 15.9. The summed E-state index contributed by atoms with van der Waals surface area (Å²) in [6.45, 7) is 4.15. The van der Waals surface area contributed by atoms with E-state index >= 15 is 0 Å². The van der Waals surface area contributed by atoms with E-state index in [2.05, 4.69) is 45.3 Å². The quantitative estimate of drug-likeness (QED) is 0.766. The van der Waals surface area contributed by atoms with Crippen LogP contribution < -0.4 is 11.1 Å². The molecule has 2 bridgehead atoms. The lowest BCUT2D eigenvalue weighted by molar-refractivity contribution is 0.0751. The second kappa shape index (κ2) is 6.32. The molecule has 1 aromatic rings. The number of aromatic amines is 1. The van der Waals surface area contributed by atoms with Gasteiger partial charge in [-0.2, -0.15) is 5.10 Å². The van der Waals surface area contributed by atoms with Crippen molar-refractivity contribution in [3.8, 4) is 0 Å². The van der Waals surface area contributed by atoms with E-state index in [9.17, 15) is 4.79 Å². The molecule has 6 heteroatoms. The third kappa shape index (κ3) is 2.95. The fourth-order valence-corrected chi connectivity index (χ4v) is 4.93. The highest BCUT2D eigenvalue weighted by molar-refractivity contribution is 9.10. The molecule has 3 rings (SSSR count). The summed E-state index contributed by atoms with van der Waals surface area (Å²) < 4.78 is 0.790. The predicted molar refractivity (Wildman–Crippen MR) is 89.7 cm³/mol. The van der Waals surface area contributed by atoms with Crippen LogP contribution in [-0.4, -0.2) is 28.2 Å². The van der Waals surface area contributed by atoms with Crippen LogP contribution >= 0.6 is 15.9 Å². The molecule has 2 atom stereocenters. The van der Waals surface area contributed by atoms with Gasteiger partial charge in [-0.3, -0.25) is 9.89 Å². The molecule has 2 fully saturated rings. The maximum absolute atomic E-state index is 12.6. The smallest absolute Gasteiger partial charge is 0.273 e. The summed E-state index contributed by atoms with van der Waals surface area (Å²) in [7, 11) is 0. The first-order chi connectivity index (χ1) is 10.5. The standard InChI is InChI=1S/C16H25BrN4O/c1-8(2)13-12(17)15(21-20-13)16(22)19-14-9-4-3-5-10(14)7-11(18)6-9/h8-11,14H,3-7,18H2,1-2H3,(H,19,22)(H,20,21). The van der Waals surface area contributed by atoms with Crippen LogP contribution in [-0.2, 0) is 0 Å². The van der Waals surface area contributed by atoms with Crippen molar-refractivity contribution in [1.82, 2.24) is 15.5 Å². The van der Waals surface area contributed by atoms with Gasteiger partial charge in [-0.15, -0.1) is 0 Å². The number of nitrogens with one attached hydrogen (secondary N) is 2. The number of nitrogens with two attached hydrogens (primary N) is 1. The van der Waals surface area contributed by atoms with Crippen LogP contribution in [0.25, 0.3) is 0 Å². The van der Waals surface area contributed by atoms with E-state index in [0.29, 0.717) is 29.5 Å². The van der Waals surface area contributed by atoms with Crippen molar-refractivity contribution in [2.24, 2.45) is 17.6 Å². The number of aromatic nitrogens is 2. The maximum atomic E-state index is 12.6. The van der Waals surface area contributed by atoms with E-state index in [1.807, 2.05) is 0 Å². The lowest BCUT2D eigenvalue weighted by Crippen LogP contribution is -2.53. The molecule has 4 N–H and O–H groups in total. The molecule has 0 spiro atoms. The Morgan fingerprint density at radius 1 is 1.36 bits per heavy atom. The van der Waals surface area contributed by atoms with E-state index in [0.717, 1.165) is 23.0 Å². The largest absolute Gasteiger partial charge is 0.347 e. The van der Waals surface area contributed by atoms with E-state index in [1.54, 1.807) is 0 Å². The summed E-state index contributed by atoms with van der Waals surface area (Å²) >= 11 is 3.51. The molecule has 5 nitrogen and oxygen atoms in total. The normalized spacial score (nSPS) is 31.3. The highest BCUT2D eigenvalue weighted by Crippen LogP contribution is 2.40. The summed E-state index contributed by atoms with van der Waals surface area (Å²) in [5.74, 6) is 1.27. The van der Waals surface area contributed by atoms with Crippen LogP contribution in [0, 0.1) is 11.8 Å². The Labute approximate surface area is 139 Å². The summed E-state index contributed by atoms with van der Waals surface area (Å²) in [6, 6.07) is 0.556. The number of carbonyl (C=O) groups is 1. The van der Waals surface area contributed by atoms with Crippen LogP contribution in [0.3, 0.4) is 0 Å². The third-order valence-corrected chi connectivity index (χ3v) is 6.00. The molecule has 2 aliphatic carbocycles. The van der Waals surface area contributed by atoms with Crippen LogP contribution in [0.15, 0.2) is 4.47 Å². The molecule has 22 heavy (non-hydrogen) atoms. The number of nitrogens with zero attached hydrogens (tertiary/aromatic N) is 1. The minimum absolute atomic E-state index is 0.0765. The van der Waals surface area contributed by atoms with Gasteiger partial charge in [0.25, 0.3) is 5.91 Å². The number of amides is 1. The van der Waals surface area contributed by atoms with Crippen molar-refractivity contribution in [3.63, 3.8) is 0 Å². The monoisotopic (exact) mass is 368 g/mol. The number of carbonyl (C=O) groups excluding carboxylic acids is 1. The van der Waals surface area contributed by atoms with Gasteiger partial charge in [0.05, 0.1) is 10.2 Å². The van der Waals surface area contributed by atoms with Gasteiger partial charge in [0.2, 0.25) is 0 Å². The van der Waals surface area contributed by atoms with Gasteiger partial charge in [-0.05, 0) is 59.4 Å². The molecule has 1 heterocycles. The molecule has 2 aliphatic rings. The summed E-state index contributed by atoms with van der Waals surface area (Å²) in [5, 5.41) is 10.4. The molecule has 1 aromatic heterocycles. The zero-order valence-corrected chi connectivity index (χ0v) is 14.8. The van der Waals surface area contributed by atoms with Crippen LogP contribution in [0.2, 0.25) is 0 Å². The second-order valence-electron chi connectivity index (χ2n) is 7.14. The Hall–Kier alpha value is -0.880. The minimum atomic E-state index is -0.0765. The van der Waals surface area contributed by atoms with E-state index in [1.165, 1.54) is 19.3 Å². The average Bonchev–Trinajstić information content (AvgIpc) is 2.81. The van der Waals surface area contributed by atoms with E-state index in [4.69, 9.17) is 5.73 Å². The fourth-order valence-electron chi connectivity index (χ4n) is 4.12. The van der Waals surface area contributed by atoms with Crippen molar-refractivity contribution in [2.45, 2.75) is 64.0 Å². The highest BCUT2D eigenvalue weighted by atomic mass is 79.9. The summed E-state index contributed by atoms with van der Waals surface area (Å²) in [5.41, 5.74) is 7.59. The zero-order valence-electron chi connectivity index (χ0n) is 13.2. The second-order valence-corrected chi connectivity index (χ2v) is 7.93. The Kier molecular flexibility index (Phi) is 4.59. The molecule has 0 saturated heterocycles. The van der Waals surface area contributed by atoms with Gasteiger partial charge >= 0.3 is 0 Å². The SMILES string of the molecule is CC(C)c1[nH]nc(C(=O)NC2C3CCCC2CC(N)C3)c1Br. The van der Waals surface area contributed by atoms with Gasteiger partial charge in [0, 0.05) is 12.1 Å². The topological polar surface area (TPSA) is 83.8 Å². The third-order valence-electron chi connectivity index (χ3n) is 5.20. The molecule has 1 amide bonds. The van der Waals surface area contributed by atoms with Gasteiger partial charge in [0.1, 0.15) is 0 Å². The van der Waals surface area contributed by atoms with Crippen LogP contribution in [0.1, 0.15) is 68.1 Å². The lowest BCUT2D eigenvalue weighted by atomic mass is 9.67. The van der Waals surface area contributed by atoms with Crippen molar-refractivity contribution in [3.05, 3.63) is 15.9 Å². The van der Waals surface area contributed by atoms with E-state index < -0.39 is 0 Å². The summed E-state index contributed by atoms with van der Waals surface area (Å²) in [6.07, 6.45) is 5.67. The van der Waals surface area contributed by atoms with Crippen molar-refractivity contribution in [2.75, 3.05) is 0 Å². The number of hydrogen-bond donors (Lipinski definition) is 3. The molecule has 0 radical (unpaired) electrons. The van der Waals surface area contributed by atoms with Crippen LogP contribution in [0.4, 0.5) is 0 Å². The Morgan fingerprint density at radius 2 is 2.00 bits per heavy atom. The summed E-state index contributed by atoms with van der Waals surface area (Å²) in [4.78, 5) is 12.6. The number of fused-ring (bicyclic) bond motifs is 2.